The molecule has 36 heavy (non-hydrogen) atoms. The summed E-state index contributed by atoms with van der Waals surface area (Å²) in [5.41, 5.74) is -0.151. The lowest BCUT2D eigenvalue weighted by molar-refractivity contribution is -0.209. The molecule has 1 aliphatic heterocycles. The van der Waals surface area contributed by atoms with Crippen LogP contribution in [-0.2, 0) is 38.1 Å². The topological polar surface area (TPSA) is 105 Å². The number of esters is 4. The second kappa shape index (κ2) is 8.59. The van der Waals surface area contributed by atoms with E-state index in [0.717, 1.165) is 31.3 Å². The number of hydrogen-bond donors (Lipinski definition) is 0. The van der Waals surface area contributed by atoms with E-state index in [9.17, 15) is 19.2 Å². The third kappa shape index (κ3) is 3.77. The van der Waals surface area contributed by atoms with E-state index in [1.807, 2.05) is 0 Å². The van der Waals surface area contributed by atoms with Crippen molar-refractivity contribution in [2.45, 2.75) is 110 Å². The van der Waals surface area contributed by atoms with E-state index < -0.39 is 23.2 Å². The van der Waals surface area contributed by atoms with Crippen molar-refractivity contribution in [3.05, 3.63) is 11.6 Å². The highest BCUT2D eigenvalue weighted by Gasteiger charge is 2.71. The van der Waals surface area contributed by atoms with Gasteiger partial charge in [0.15, 0.2) is 0 Å². The molecule has 0 aromatic heterocycles. The number of ether oxygens (including phenoxy) is 4. The van der Waals surface area contributed by atoms with Gasteiger partial charge in [-0.3, -0.25) is 19.2 Å². The summed E-state index contributed by atoms with van der Waals surface area (Å²) in [6.45, 7) is 8.69. The van der Waals surface area contributed by atoms with E-state index in [1.165, 1.54) is 20.8 Å². The second-order valence-corrected chi connectivity index (χ2v) is 12.1. The fourth-order valence-electron chi connectivity index (χ4n) is 8.92. The van der Waals surface area contributed by atoms with Crippen molar-refractivity contribution in [1.29, 1.82) is 0 Å². The number of hydrogen-bond acceptors (Lipinski definition) is 8. The van der Waals surface area contributed by atoms with Crippen LogP contribution in [0.2, 0.25) is 0 Å². The summed E-state index contributed by atoms with van der Waals surface area (Å²) in [5, 5.41) is 0. The van der Waals surface area contributed by atoms with Gasteiger partial charge in [-0.1, -0.05) is 19.4 Å². The van der Waals surface area contributed by atoms with Crippen molar-refractivity contribution in [2.75, 3.05) is 0 Å². The average molecular weight is 503 g/mol. The molecular weight excluding hydrogens is 464 g/mol. The Labute approximate surface area is 212 Å². The number of carbonyl (C=O) groups excluding carboxylic acids is 4. The molecular formula is C28H38O8. The van der Waals surface area contributed by atoms with Gasteiger partial charge in [0.1, 0.15) is 23.9 Å². The van der Waals surface area contributed by atoms with Gasteiger partial charge in [-0.2, -0.15) is 0 Å². The van der Waals surface area contributed by atoms with Crippen LogP contribution in [0.4, 0.5) is 0 Å². The van der Waals surface area contributed by atoms with Gasteiger partial charge < -0.3 is 18.9 Å². The lowest BCUT2D eigenvalue weighted by atomic mass is 9.45. The molecule has 1 heterocycles. The lowest BCUT2D eigenvalue weighted by Crippen LogP contribution is -2.63. The Hall–Kier alpha value is -2.38. The van der Waals surface area contributed by atoms with Crippen molar-refractivity contribution in [2.24, 2.45) is 28.6 Å². The molecule has 1 spiro atoms. The first-order chi connectivity index (χ1) is 16.9. The molecule has 0 aromatic carbocycles. The Kier molecular flexibility index (Phi) is 6.03. The fraction of sp³-hybridized carbons (Fsp3) is 0.786. The maximum absolute atomic E-state index is 12.4. The predicted molar refractivity (Wildman–Crippen MR) is 127 cm³/mol. The molecule has 8 nitrogen and oxygen atoms in total. The maximum atomic E-state index is 12.4. The predicted octanol–water partition coefficient (Wildman–Crippen LogP) is 4.04. The van der Waals surface area contributed by atoms with Gasteiger partial charge in [0.25, 0.3) is 0 Å². The summed E-state index contributed by atoms with van der Waals surface area (Å²) in [6.07, 6.45) is 6.38. The van der Waals surface area contributed by atoms with E-state index in [-0.39, 0.29) is 53.1 Å². The van der Waals surface area contributed by atoms with Gasteiger partial charge in [-0.05, 0) is 55.9 Å². The summed E-state index contributed by atoms with van der Waals surface area (Å²) in [5.74, 6) is -1.16. The molecule has 5 rings (SSSR count). The Balaban J connectivity index is 1.61. The standard InChI is InChI=1S/C28H38O8/c1-15(29)33-19-6-9-26(4)18(12-19)13-21(34-16(2)30)24-20-7-10-28(11-8-23(32)36-28)27(20,5)14-22(25(24)26)35-17(3)31/h13,19-22,24-25H,6-12,14H2,1-5H3/t19-,20-,21-,22+,24?,25?,26?,27?,28?/m0/s1. The normalized spacial score (nSPS) is 45.0. The van der Waals surface area contributed by atoms with E-state index in [1.54, 1.807) is 0 Å². The largest absolute Gasteiger partial charge is 0.462 e. The molecule has 1 saturated heterocycles. The summed E-state index contributed by atoms with van der Waals surface area (Å²) < 4.78 is 23.7. The Morgan fingerprint density at radius 2 is 1.64 bits per heavy atom. The van der Waals surface area contributed by atoms with Crippen LogP contribution in [0, 0.1) is 28.6 Å². The van der Waals surface area contributed by atoms with Gasteiger partial charge >= 0.3 is 23.9 Å². The molecule has 4 fully saturated rings. The highest BCUT2D eigenvalue weighted by Crippen LogP contribution is 2.70. The van der Waals surface area contributed by atoms with Crippen molar-refractivity contribution < 1.29 is 38.1 Å². The molecule has 4 aliphatic carbocycles. The monoisotopic (exact) mass is 502 g/mol. The van der Waals surface area contributed by atoms with Gasteiger partial charge in [0, 0.05) is 50.9 Å². The zero-order valence-corrected chi connectivity index (χ0v) is 22.0. The first-order valence-electron chi connectivity index (χ1n) is 13.3. The smallest absolute Gasteiger partial charge is 0.306 e. The van der Waals surface area contributed by atoms with Crippen LogP contribution in [0.5, 0.6) is 0 Å². The van der Waals surface area contributed by atoms with Crippen LogP contribution in [0.25, 0.3) is 0 Å². The minimum atomic E-state index is -0.573. The molecule has 9 atom stereocenters. The van der Waals surface area contributed by atoms with Gasteiger partial charge in [-0.15, -0.1) is 0 Å². The summed E-state index contributed by atoms with van der Waals surface area (Å²) >= 11 is 0. The molecule has 5 unspecified atom stereocenters. The summed E-state index contributed by atoms with van der Waals surface area (Å²) in [4.78, 5) is 48.6. The van der Waals surface area contributed by atoms with Gasteiger partial charge in [0.2, 0.25) is 0 Å². The Morgan fingerprint density at radius 3 is 2.25 bits per heavy atom. The minimum absolute atomic E-state index is 0.0608. The highest BCUT2D eigenvalue weighted by atomic mass is 16.6. The third-order valence-corrected chi connectivity index (χ3v) is 10.3. The van der Waals surface area contributed by atoms with Crippen molar-refractivity contribution in [3.63, 3.8) is 0 Å². The molecule has 3 saturated carbocycles. The number of fused-ring (bicyclic) bond motifs is 6. The van der Waals surface area contributed by atoms with E-state index in [2.05, 4.69) is 19.9 Å². The fourth-order valence-corrected chi connectivity index (χ4v) is 8.92. The van der Waals surface area contributed by atoms with Crippen LogP contribution >= 0.6 is 0 Å². The molecule has 8 heteroatoms. The van der Waals surface area contributed by atoms with Crippen LogP contribution < -0.4 is 0 Å². The maximum Gasteiger partial charge on any atom is 0.306 e. The van der Waals surface area contributed by atoms with Crippen molar-refractivity contribution >= 4 is 23.9 Å². The second-order valence-electron chi connectivity index (χ2n) is 12.1. The molecule has 5 aliphatic rings. The van der Waals surface area contributed by atoms with Crippen molar-refractivity contribution in [3.8, 4) is 0 Å². The zero-order valence-electron chi connectivity index (χ0n) is 22.0. The van der Waals surface area contributed by atoms with Crippen LogP contribution in [-0.4, -0.2) is 47.8 Å². The highest BCUT2D eigenvalue weighted by molar-refractivity contribution is 5.72. The van der Waals surface area contributed by atoms with Crippen LogP contribution in [0.1, 0.15) is 86.0 Å². The van der Waals surface area contributed by atoms with E-state index in [4.69, 9.17) is 18.9 Å². The molecule has 0 aromatic rings. The minimum Gasteiger partial charge on any atom is -0.462 e. The molecule has 0 amide bonds. The Bertz CT molecular complexity index is 1020. The van der Waals surface area contributed by atoms with Gasteiger partial charge in [0.05, 0.1) is 0 Å². The zero-order chi connectivity index (χ0) is 26.0. The molecule has 0 bridgehead atoms. The lowest BCUT2D eigenvalue weighted by Gasteiger charge is -2.62. The SMILES string of the molecule is CC(=O)O[C@H]1CCC2(C)C(=C[C@H](OC(C)=O)C3C2[C@H](OC(C)=O)CC2(C)[C@H]3CCC23CCC(=O)O3)C1. The summed E-state index contributed by atoms with van der Waals surface area (Å²) in [6, 6.07) is 0. The first-order valence-corrected chi connectivity index (χ1v) is 13.3. The van der Waals surface area contributed by atoms with Crippen LogP contribution in [0.15, 0.2) is 11.6 Å². The first kappa shape index (κ1) is 25.3. The molecule has 0 N–H and O–H groups in total. The van der Waals surface area contributed by atoms with Crippen LogP contribution in [0.3, 0.4) is 0 Å². The van der Waals surface area contributed by atoms with Gasteiger partial charge in [-0.25, -0.2) is 0 Å². The average Bonchev–Trinajstić information content (AvgIpc) is 3.27. The van der Waals surface area contributed by atoms with E-state index >= 15 is 0 Å². The molecule has 198 valence electrons. The third-order valence-electron chi connectivity index (χ3n) is 10.3. The molecule has 0 radical (unpaired) electrons. The summed E-state index contributed by atoms with van der Waals surface area (Å²) in [7, 11) is 0. The number of carbonyl (C=O) groups is 4. The van der Waals surface area contributed by atoms with E-state index in [0.29, 0.717) is 25.7 Å². The van der Waals surface area contributed by atoms with Crippen molar-refractivity contribution in [1.82, 2.24) is 0 Å². The Morgan fingerprint density at radius 1 is 0.944 bits per heavy atom. The quantitative estimate of drug-likeness (QED) is 0.323. The number of rotatable bonds is 3.